The molecule has 0 saturated heterocycles. The molecule has 6 heteroatoms. The zero-order valence-corrected chi connectivity index (χ0v) is 47.8. The minimum Gasteiger partial charge on any atom is -0.492 e. The Labute approximate surface area is 430 Å². The molecule has 1 aromatic carbocycles. The van der Waals surface area contributed by atoms with Crippen LogP contribution in [0.2, 0.25) is 0 Å². The molecule has 0 saturated carbocycles. The lowest BCUT2D eigenvalue weighted by Gasteiger charge is -2.22. The van der Waals surface area contributed by atoms with Gasteiger partial charge in [0.2, 0.25) is 11.5 Å². The summed E-state index contributed by atoms with van der Waals surface area (Å²) >= 11 is 0. The van der Waals surface area contributed by atoms with Crippen molar-refractivity contribution in [3.05, 3.63) is 128 Å². The Bertz CT molecular complexity index is 1970. The summed E-state index contributed by atoms with van der Waals surface area (Å²) in [6.45, 7) is 27.9. The van der Waals surface area contributed by atoms with Gasteiger partial charge < -0.3 is 28.4 Å². The number of hydrogen-bond acceptors (Lipinski definition) is 6. The lowest BCUT2D eigenvalue weighted by molar-refractivity contribution is -0.00994. The predicted octanol–water partition coefficient (Wildman–Crippen LogP) is 19.1. The van der Waals surface area contributed by atoms with Crippen LogP contribution in [0.25, 0.3) is 0 Å². The van der Waals surface area contributed by atoms with Gasteiger partial charge in [0.15, 0.2) is 18.3 Å². The molecule has 70 heavy (non-hydrogen) atoms. The molecule has 0 atom stereocenters. The second-order valence-corrected chi connectivity index (χ2v) is 20.0. The van der Waals surface area contributed by atoms with Crippen molar-refractivity contribution in [2.75, 3.05) is 48.4 Å². The van der Waals surface area contributed by atoms with E-state index in [0.29, 0.717) is 42.6 Å². The fraction of sp³-hybridized carbons (Fsp3) is 0.594. The third-order valence-electron chi connectivity index (χ3n) is 13.0. The molecular formula is C64H102O6. The second kappa shape index (κ2) is 39.4. The molecule has 1 rings (SSSR count). The second-order valence-electron chi connectivity index (χ2n) is 20.0. The third-order valence-corrected chi connectivity index (χ3v) is 13.0. The molecule has 0 aliphatic heterocycles. The first kappa shape index (κ1) is 63.8. The van der Waals surface area contributed by atoms with Crippen molar-refractivity contribution in [3.8, 4) is 23.0 Å². The Hall–Kier alpha value is -4.26. The van der Waals surface area contributed by atoms with Gasteiger partial charge in [-0.3, -0.25) is 0 Å². The van der Waals surface area contributed by atoms with Crippen LogP contribution in [0.1, 0.15) is 203 Å². The Morgan fingerprint density at radius 1 is 0.343 bits per heavy atom. The normalized spacial score (nSPS) is 13.9. The van der Waals surface area contributed by atoms with Crippen LogP contribution >= 0.6 is 0 Å². The van der Waals surface area contributed by atoms with Gasteiger partial charge in [0.25, 0.3) is 0 Å². The van der Waals surface area contributed by atoms with Gasteiger partial charge in [0.05, 0.1) is 34.5 Å². The SMILES string of the molecule is COCCOCOc1c(C)c(C/C=C(\C)CC/C=C(\C)CC/C=C(\C)CC/C=C(\C)CC/C=C(\C)CC/C=C(\C)CC/C=C(\C)CC/C=C(\C)CC/C=C(\C)CCC=C(C)C)c(OC)c(OC)c1OC. The van der Waals surface area contributed by atoms with Gasteiger partial charge in [0.1, 0.15) is 0 Å². The molecule has 0 N–H and O–H groups in total. The molecule has 0 fully saturated rings. The smallest absolute Gasteiger partial charge is 0.207 e. The third kappa shape index (κ3) is 29.8. The van der Waals surface area contributed by atoms with E-state index in [0.717, 1.165) is 107 Å². The molecule has 0 heterocycles. The van der Waals surface area contributed by atoms with Gasteiger partial charge in [-0.25, -0.2) is 0 Å². The topological polar surface area (TPSA) is 55.4 Å². The molecule has 0 aliphatic carbocycles. The highest BCUT2D eigenvalue weighted by molar-refractivity contribution is 5.67. The average Bonchev–Trinajstić information content (AvgIpc) is 3.31. The molecule has 394 valence electrons. The highest BCUT2D eigenvalue weighted by atomic mass is 16.7. The minimum atomic E-state index is 0.0786. The summed E-state index contributed by atoms with van der Waals surface area (Å²) in [6, 6.07) is 0. The number of hydrogen-bond donors (Lipinski definition) is 0. The fourth-order valence-electron chi connectivity index (χ4n) is 8.28. The zero-order chi connectivity index (χ0) is 52.1. The maximum Gasteiger partial charge on any atom is 0.207 e. The first-order valence-corrected chi connectivity index (χ1v) is 26.6. The lowest BCUT2D eigenvalue weighted by atomic mass is 9.99. The van der Waals surface area contributed by atoms with E-state index in [1.165, 1.54) is 75.0 Å². The fourth-order valence-corrected chi connectivity index (χ4v) is 8.28. The Balaban J connectivity index is 2.43. The van der Waals surface area contributed by atoms with Crippen LogP contribution in [-0.2, 0) is 15.9 Å². The van der Waals surface area contributed by atoms with E-state index in [-0.39, 0.29) is 6.79 Å². The first-order valence-electron chi connectivity index (χ1n) is 26.6. The van der Waals surface area contributed by atoms with Crippen LogP contribution in [0, 0.1) is 6.92 Å². The predicted molar refractivity (Wildman–Crippen MR) is 304 cm³/mol. The van der Waals surface area contributed by atoms with Crippen molar-refractivity contribution < 1.29 is 28.4 Å². The van der Waals surface area contributed by atoms with Gasteiger partial charge in [-0.2, -0.15) is 0 Å². The highest BCUT2D eigenvalue weighted by Crippen LogP contribution is 2.49. The summed E-state index contributed by atoms with van der Waals surface area (Å²) < 4.78 is 34.0. The number of ether oxygens (including phenoxy) is 6. The van der Waals surface area contributed by atoms with E-state index in [4.69, 9.17) is 28.4 Å². The molecule has 0 radical (unpaired) electrons. The van der Waals surface area contributed by atoms with Crippen LogP contribution in [-0.4, -0.2) is 48.4 Å². The molecule has 1 aromatic rings. The van der Waals surface area contributed by atoms with Gasteiger partial charge >= 0.3 is 0 Å². The van der Waals surface area contributed by atoms with Crippen molar-refractivity contribution >= 4 is 0 Å². The van der Waals surface area contributed by atoms with E-state index < -0.39 is 0 Å². The molecule has 0 bridgehead atoms. The van der Waals surface area contributed by atoms with Crippen LogP contribution in [0.5, 0.6) is 23.0 Å². The summed E-state index contributed by atoms with van der Waals surface area (Å²) in [5, 5.41) is 0. The van der Waals surface area contributed by atoms with Gasteiger partial charge in [-0.05, 0) is 205 Å². The van der Waals surface area contributed by atoms with Crippen molar-refractivity contribution in [2.45, 2.75) is 205 Å². The van der Waals surface area contributed by atoms with Crippen molar-refractivity contribution in [2.24, 2.45) is 0 Å². The summed E-state index contributed by atoms with van der Waals surface area (Å²) in [7, 11) is 6.53. The van der Waals surface area contributed by atoms with E-state index >= 15 is 0 Å². The summed E-state index contributed by atoms with van der Waals surface area (Å²) in [5.41, 5.74) is 16.7. The van der Waals surface area contributed by atoms with E-state index in [1.807, 2.05) is 6.92 Å². The van der Waals surface area contributed by atoms with Gasteiger partial charge in [0, 0.05) is 18.2 Å². The standard InChI is InChI=1S/C64H102O6/c1-49(2)26-17-27-50(3)28-18-29-51(4)30-19-31-52(5)32-20-33-53(6)34-21-35-54(7)36-22-37-55(8)38-23-39-56(9)40-24-41-57(10)42-25-43-58(11)44-45-60-59(12)61(70-48-69-47-46-65-13)63(67-15)64(68-16)62(60)66-14/h26,28,30,32,34,36,38,40,42,44H,17-25,27,29,31,33,35,37,39,41,43,45-48H2,1-16H3/b50-28+,51-30+,52-32+,53-34+,54-36+,55-38+,56-40+,57-42+,58-44+. The molecule has 0 aliphatic rings. The molecule has 6 nitrogen and oxygen atoms in total. The maximum absolute atomic E-state index is 6.05. The summed E-state index contributed by atoms with van der Waals surface area (Å²) in [5.74, 6) is 2.26. The Kier molecular flexibility index (Phi) is 35.9. The molecule has 0 aromatic heterocycles. The molecule has 0 spiro atoms. The molecule has 0 unspecified atom stereocenters. The van der Waals surface area contributed by atoms with E-state index in [9.17, 15) is 0 Å². The largest absolute Gasteiger partial charge is 0.492 e. The van der Waals surface area contributed by atoms with Crippen molar-refractivity contribution in [3.63, 3.8) is 0 Å². The lowest BCUT2D eigenvalue weighted by Crippen LogP contribution is -2.11. The van der Waals surface area contributed by atoms with Crippen LogP contribution in [0.15, 0.2) is 116 Å². The Morgan fingerprint density at radius 3 is 0.914 bits per heavy atom. The van der Waals surface area contributed by atoms with Gasteiger partial charge in [-0.1, -0.05) is 116 Å². The minimum absolute atomic E-state index is 0.0786. The highest BCUT2D eigenvalue weighted by Gasteiger charge is 2.25. The zero-order valence-electron chi connectivity index (χ0n) is 47.8. The maximum atomic E-state index is 6.05. The van der Waals surface area contributed by atoms with E-state index in [1.54, 1.807) is 28.4 Å². The number of rotatable bonds is 38. The number of benzene rings is 1. The molecule has 0 amide bonds. The Morgan fingerprint density at radius 2 is 0.629 bits per heavy atom. The van der Waals surface area contributed by atoms with Crippen molar-refractivity contribution in [1.29, 1.82) is 0 Å². The first-order chi connectivity index (χ1) is 33.6. The summed E-state index contributed by atoms with van der Waals surface area (Å²) in [4.78, 5) is 0. The number of allylic oxidation sites excluding steroid dienone is 20. The van der Waals surface area contributed by atoms with Crippen LogP contribution < -0.4 is 18.9 Å². The average molecular weight is 968 g/mol. The van der Waals surface area contributed by atoms with Crippen LogP contribution in [0.3, 0.4) is 0 Å². The molecular weight excluding hydrogens is 865 g/mol. The van der Waals surface area contributed by atoms with Gasteiger partial charge in [-0.15, -0.1) is 0 Å². The van der Waals surface area contributed by atoms with Crippen LogP contribution in [0.4, 0.5) is 0 Å². The quantitative estimate of drug-likeness (QED) is 0.0374. The van der Waals surface area contributed by atoms with E-state index in [2.05, 4.69) is 137 Å². The summed E-state index contributed by atoms with van der Waals surface area (Å²) in [6.07, 6.45) is 45.2. The monoisotopic (exact) mass is 967 g/mol. The number of methoxy groups -OCH3 is 4. The van der Waals surface area contributed by atoms with Crippen molar-refractivity contribution in [1.82, 2.24) is 0 Å².